The summed E-state index contributed by atoms with van der Waals surface area (Å²) in [6.45, 7) is 1.06. The van der Waals surface area contributed by atoms with Crippen LogP contribution in [-0.2, 0) is 20.0 Å². The number of rotatable bonds is 6. The summed E-state index contributed by atoms with van der Waals surface area (Å²) >= 11 is 1.13. The molecule has 0 saturated carbocycles. The maximum atomic E-state index is 12.2. The van der Waals surface area contributed by atoms with E-state index in [2.05, 4.69) is 0 Å². The van der Waals surface area contributed by atoms with Gasteiger partial charge in [-0.25, -0.2) is 21.1 Å². The van der Waals surface area contributed by atoms with Crippen LogP contribution in [0.1, 0.15) is 19.3 Å². The lowest BCUT2D eigenvalue weighted by Crippen LogP contribution is -2.40. The Morgan fingerprint density at radius 3 is 2.43 bits per heavy atom. The average Bonchev–Trinajstić information content (AvgIpc) is 3.00. The Morgan fingerprint density at radius 2 is 1.86 bits per heavy atom. The predicted molar refractivity (Wildman–Crippen MR) is 83.3 cm³/mol. The number of hydrogen-bond acceptors (Lipinski definition) is 5. The molecule has 0 radical (unpaired) electrons. The van der Waals surface area contributed by atoms with Gasteiger partial charge in [-0.05, 0) is 24.3 Å². The molecule has 1 fully saturated rings. The number of thiophene rings is 1. The maximum absolute atomic E-state index is 12.2. The van der Waals surface area contributed by atoms with Crippen LogP contribution in [-0.4, -0.2) is 57.9 Å². The molecule has 2 heterocycles. The summed E-state index contributed by atoms with van der Waals surface area (Å²) in [4.78, 5) is 0. The molecule has 1 aromatic heterocycles. The summed E-state index contributed by atoms with van der Waals surface area (Å²) in [5.74, 6) is -0.173. The van der Waals surface area contributed by atoms with Crippen molar-refractivity contribution in [3.63, 3.8) is 0 Å². The topological polar surface area (TPSA) is 74.8 Å². The molecular formula is C12H20N2O4S3. The number of hydrogen-bond donors (Lipinski definition) is 0. The summed E-state index contributed by atoms with van der Waals surface area (Å²) in [7, 11) is -5.54. The lowest BCUT2D eigenvalue weighted by atomic mass is 10.2. The summed E-state index contributed by atoms with van der Waals surface area (Å²) in [5.41, 5.74) is 0. The third-order valence-electron chi connectivity index (χ3n) is 3.53. The molecule has 0 aliphatic carbocycles. The van der Waals surface area contributed by atoms with Gasteiger partial charge in [-0.2, -0.15) is 4.31 Å². The molecule has 0 unspecified atom stereocenters. The minimum Gasteiger partial charge on any atom is -0.212 e. The van der Waals surface area contributed by atoms with Gasteiger partial charge in [0.25, 0.3) is 10.0 Å². The van der Waals surface area contributed by atoms with Gasteiger partial charge in [-0.1, -0.05) is 12.5 Å². The van der Waals surface area contributed by atoms with Crippen LogP contribution >= 0.6 is 11.3 Å². The summed E-state index contributed by atoms with van der Waals surface area (Å²) in [6.07, 6.45) is 2.81. The minimum absolute atomic E-state index is 0.0287. The molecular weight excluding hydrogens is 332 g/mol. The van der Waals surface area contributed by atoms with Crippen molar-refractivity contribution < 1.29 is 16.8 Å². The van der Waals surface area contributed by atoms with Crippen LogP contribution in [0, 0.1) is 0 Å². The Hall–Kier alpha value is -0.480. The molecule has 1 saturated heterocycles. The zero-order valence-corrected chi connectivity index (χ0v) is 14.4. The molecule has 0 aromatic carbocycles. The molecule has 0 atom stereocenters. The highest BCUT2D eigenvalue weighted by Crippen LogP contribution is 2.20. The molecule has 120 valence electrons. The number of nitrogens with zero attached hydrogens (tertiary/aromatic N) is 2. The number of piperidine rings is 1. The lowest BCUT2D eigenvalue weighted by Gasteiger charge is -2.26. The first-order chi connectivity index (χ1) is 9.84. The second-order valence-electron chi connectivity index (χ2n) is 5.03. The maximum Gasteiger partial charge on any atom is 0.252 e. The van der Waals surface area contributed by atoms with Crippen molar-refractivity contribution in [1.82, 2.24) is 8.61 Å². The van der Waals surface area contributed by atoms with E-state index in [-0.39, 0.29) is 16.5 Å². The number of sulfonamides is 2. The molecule has 1 aliphatic heterocycles. The van der Waals surface area contributed by atoms with Gasteiger partial charge >= 0.3 is 0 Å². The van der Waals surface area contributed by atoms with Gasteiger partial charge in [0.05, 0.1) is 5.75 Å². The van der Waals surface area contributed by atoms with E-state index < -0.39 is 20.0 Å². The summed E-state index contributed by atoms with van der Waals surface area (Å²) in [5, 5.41) is 1.69. The van der Waals surface area contributed by atoms with Gasteiger partial charge < -0.3 is 0 Å². The molecule has 0 N–H and O–H groups in total. The van der Waals surface area contributed by atoms with Gasteiger partial charge in [0.15, 0.2) is 0 Å². The third-order valence-corrected chi connectivity index (χ3v) is 8.61. The van der Waals surface area contributed by atoms with E-state index >= 15 is 0 Å². The van der Waals surface area contributed by atoms with E-state index in [9.17, 15) is 16.8 Å². The molecule has 1 aromatic rings. The van der Waals surface area contributed by atoms with Gasteiger partial charge in [0.1, 0.15) is 4.21 Å². The zero-order valence-electron chi connectivity index (χ0n) is 11.9. The largest absolute Gasteiger partial charge is 0.252 e. The summed E-state index contributed by atoms with van der Waals surface area (Å²) < 4.78 is 51.7. The predicted octanol–water partition coefficient (Wildman–Crippen LogP) is 1.18. The fourth-order valence-corrected chi connectivity index (χ4v) is 6.27. The smallest absolute Gasteiger partial charge is 0.212 e. The highest BCUT2D eigenvalue weighted by Gasteiger charge is 2.27. The van der Waals surface area contributed by atoms with E-state index in [1.54, 1.807) is 11.4 Å². The highest BCUT2D eigenvalue weighted by atomic mass is 32.2. The van der Waals surface area contributed by atoms with Crippen LogP contribution < -0.4 is 0 Å². The van der Waals surface area contributed by atoms with Crippen molar-refractivity contribution in [2.45, 2.75) is 23.5 Å². The Morgan fingerprint density at radius 1 is 1.19 bits per heavy atom. The van der Waals surface area contributed by atoms with Crippen molar-refractivity contribution in [1.29, 1.82) is 0 Å². The molecule has 0 amide bonds. The lowest BCUT2D eigenvalue weighted by molar-refractivity contribution is 0.345. The second-order valence-corrected chi connectivity index (χ2v) is 10.3. The van der Waals surface area contributed by atoms with Crippen molar-refractivity contribution in [2.24, 2.45) is 0 Å². The van der Waals surface area contributed by atoms with Gasteiger partial charge in [-0.15, -0.1) is 11.3 Å². The van der Waals surface area contributed by atoms with E-state index in [0.29, 0.717) is 13.1 Å². The molecule has 2 rings (SSSR count). The zero-order chi connectivity index (χ0) is 15.5. The van der Waals surface area contributed by atoms with Crippen LogP contribution in [0.15, 0.2) is 21.7 Å². The molecule has 1 aliphatic rings. The quantitative estimate of drug-likeness (QED) is 0.771. The normalized spacial score (nSPS) is 18.2. The molecule has 0 bridgehead atoms. The minimum atomic E-state index is -3.58. The standard InChI is InChI=1S/C12H20N2O4S3/c1-13(21(17,18)12-6-5-10-19-12)9-11-20(15,16)14-7-3-2-4-8-14/h5-6,10H,2-4,7-9,11H2,1H3. The average molecular weight is 353 g/mol. The van der Waals surface area contributed by atoms with Crippen LogP contribution in [0.2, 0.25) is 0 Å². The van der Waals surface area contributed by atoms with Gasteiger partial charge in [0, 0.05) is 26.7 Å². The van der Waals surface area contributed by atoms with Crippen molar-refractivity contribution in [3.8, 4) is 0 Å². The van der Waals surface area contributed by atoms with Crippen molar-refractivity contribution >= 4 is 31.4 Å². The molecule has 9 heteroatoms. The van der Waals surface area contributed by atoms with Gasteiger partial charge in [-0.3, -0.25) is 0 Å². The van der Waals surface area contributed by atoms with Gasteiger partial charge in [0.2, 0.25) is 10.0 Å². The fourth-order valence-electron chi connectivity index (χ4n) is 2.20. The SMILES string of the molecule is CN(CCS(=O)(=O)N1CCCCC1)S(=O)(=O)c1cccs1. The van der Waals surface area contributed by atoms with Crippen LogP contribution in [0.5, 0.6) is 0 Å². The Bertz CT molecular complexity index is 647. The monoisotopic (exact) mass is 352 g/mol. The van der Waals surface area contributed by atoms with Crippen LogP contribution in [0.4, 0.5) is 0 Å². The molecule has 21 heavy (non-hydrogen) atoms. The molecule has 6 nitrogen and oxygen atoms in total. The van der Waals surface area contributed by atoms with Crippen LogP contribution in [0.25, 0.3) is 0 Å². The first-order valence-electron chi connectivity index (χ1n) is 6.82. The van der Waals surface area contributed by atoms with Crippen molar-refractivity contribution in [2.75, 3.05) is 32.4 Å². The molecule has 0 spiro atoms. The third kappa shape index (κ3) is 4.04. The Labute approximate surface area is 130 Å². The summed E-state index contributed by atoms with van der Waals surface area (Å²) in [6, 6.07) is 3.19. The Balaban J connectivity index is 1.99. The van der Waals surface area contributed by atoms with E-state index in [1.807, 2.05) is 0 Å². The van der Waals surface area contributed by atoms with Crippen molar-refractivity contribution in [3.05, 3.63) is 17.5 Å². The highest BCUT2D eigenvalue weighted by molar-refractivity contribution is 7.91. The van der Waals surface area contributed by atoms with E-state index in [1.165, 1.54) is 17.4 Å². The fraction of sp³-hybridized carbons (Fsp3) is 0.667. The second kappa shape index (κ2) is 6.74. The van der Waals surface area contributed by atoms with Crippen LogP contribution in [0.3, 0.4) is 0 Å². The van der Waals surface area contributed by atoms with E-state index in [0.717, 1.165) is 34.9 Å². The Kier molecular flexibility index (Phi) is 5.42. The first kappa shape index (κ1) is 16.9. The first-order valence-corrected chi connectivity index (χ1v) is 10.7. The van der Waals surface area contributed by atoms with E-state index in [4.69, 9.17) is 0 Å².